The van der Waals surface area contributed by atoms with Crippen molar-refractivity contribution in [1.29, 1.82) is 0 Å². The van der Waals surface area contributed by atoms with E-state index in [1.807, 2.05) is 6.92 Å². The number of alkyl halides is 3. The molecule has 9 heteroatoms. The number of rotatable bonds is 6. The Labute approximate surface area is 115 Å². The van der Waals surface area contributed by atoms with Gasteiger partial charge in [-0.2, -0.15) is 0 Å². The molecule has 0 spiro atoms. The lowest BCUT2D eigenvalue weighted by Gasteiger charge is -2.33. The van der Waals surface area contributed by atoms with E-state index in [9.17, 15) is 9.36 Å². The maximum atomic E-state index is 11.4. The Bertz CT molecular complexity index is 293. The predicted molar refractivity (Wildman–Crippen MR) is 66.6 cm³/mol. The van der Waals surface area contributed by atoms with Crippen molar-refractivity contribution in [2.75, 3.05) is 0 Å². The van der Waals surface area contributed by atoms with Crippen LogP contribution in [0.2, 0.25) is 0 Å². The molecule has 0 amide bonds. The van der Waals surface area contributed by atoms with Crippen LogP contribution in [-0.4, -0.2) is 20.4 Å². The van der Waals surface area contributed by atoms with Crippen LogP contribution in [0.1, 0.15) is 33.1 Å². The van der Waals surface area contributed by atoms with Crippen LogP contribution in [0.15, 0.2) is 0 Å². The van der Waals surface area contributed by atoms with Gasteiger partial charge in [-0.25, -0.2) is 0 Å². The van der Waals surface area contributed by atoms with Crippen molar-refractivity contribution in [3.63, 3.8) is 0 Å². The number of unbranched alkanes of at least 4 members (excludes halogenated alkanes) is 1. The molecular weight excluding hydrogens is 313 g/mol. The van der Waals surface area contributed by atoms with Crippen molar-refractivity contribution in [3.05, 3.63) is 0 Å². The molecule has 0 saturated heterocycles. The van der Waals surface area contributed by atoms with E-state index in [2.05, 4.69) is 4.52 Å². The largest absolute Gasteiger partial charge is 0.428 e. The van der Waals surface area contributed by atoms with Crippen molar-refractivity contribution in [2.24, 2.45) is 0 Å². The number of halogens is 3. The molecule has 2 unspecified atom stereocenters. The highest BCUT2D eigenvalue weighted by molar-refractivity contribution is 7.32. The molecule has 5 nitrogen and oxygen atoms in total. The maximum Gasteiger partial charge on any atom is 0.320 e. The normalized spacial score (nSPS) is 17.3. The molecule has 2 atom stereocenters. The third-order valence-corrected chi connectivity index (χ3v) is 3.43. The molecule has 102 valence electrons. The molecule has 0 aromatic rings. The van der Waals surface area contributed by atoms with Gasteiger partial charge < -0.3 is 9.63 Å². The van der Waals surface area contributed by atoms with E-state index < -0.39 is 23.8 Å². The topological polar surface area (TPSA) is 72.8 Å². The van der Waals surface area contributed by atoms with Crippen LogP contribution in [0, 0.1) is 0 Å². The van der Waals surface area contributed by atoms with Crippen molar-refractivity contribution in [1.82, 2.24) is 0 Å². The third kappa shape index (κ3) is 6.27. The number of hydrogen-bond acceptors (Lipinski definition) is 4. The van der Waals surface area contributed by atoms with Crippen molar-refractivity contribution in [3.8, 4) is 0 Å². The van der Waals surface area contributed by atoms with Gasteiger partial charge in [0.25, 0.3) is 9.58 Å². The average molecular weight is 328 g/mol. The van der Waals surface area contributed by atoms with Crippen LogP contribution < -0.4 is 0 Å². The van der Waals surface area contributed by atoms with Crippen molar-refractivity contribution < 1.29 is 23.5 Å². The minimum atomic E-state index is -3.42. The first-order valence-corrected chi connectivity index (χ1v) is 7.22. The van der Waals surface area contributed by atoms with Crippen LogP contribution in [0.3, 0.4) is 0 Å². The number of hydrogen-bond donors (Lipinski definition) is 1. The molecule has 17 heavy (non-hydrogen) atoms. The molecule has 0 rings (SSSR count). The zero-order valence-electron chi connectivity index (χ0n) is 9.34. The highest BCUT2D eigenvalue weighted by Gasteiger charge is 2.51. The van der Waals surface area contributed by atoms with Gasteiger partial charge in [-0.15, -0.1) is 0 Å². The Morgan fingerprint density at radius 1 is 1.41 bits per heavy atom. The van der Waals surface area contributed by atoms with Gasteiger partial charge in [-0.3, -0.25) is 13.9 Å². The monoisotopic (exact) mass is 326 g/mol. The van der Waals surface area contributed by atoms with E-state index in [1.165, 1.54) is 0 Å². The minimum absolute atomic E-state index is 0.114. The Balaban J connectivity index is 4.71. The third-order valence-electron chi connectivity index (χ3n) is 1.84. The predicted octanol–water partition coefficient (Wildman–Crippen LogP) is 3.20. The van der Waals surface area contributed by atoms with Crippen LogP contribution in [-0.2, 0) is 18.6 Å². The fourth-order valence-corrected chi connectivity index (χ4v) is 1.85. The van der Waals surface area contributed by atoms with Gasteiger partial charge in [0.2, 0.25) is 0 Å². The van der Waals surface area contributed by atoms with Gasteiger partial charge in [0.15, 0.2) is 0 Å². The summed E-state index contributed by atoms with van der Waals surface area (Å²) in [6.45, 7) is 3.01. The number of esters is 1. The lowest BCUT2D eigenvalue weighted by molar-refractivity contribution is -0.191. The summed E-state index contributed by atoms with van der Waals surface area (Å²) in [5, 5.41) is 0. The molecule has 0 aromatic heterocycles. The highest BCUT2D eigenvalue weighted by atomic mass is 35.6. The van der Waals surface area contributed by atoms with Crippen molar-refractivity contribution >= 4 is 49.0 Å². The van der Waals surface area contributed by atoms with Gasteiger partial charge in [-0.1, -0.05) is 48.1 Å². The van der Waals surface area contributed by atoms with E-state index in [4.69, 9.17) is 44.4 Å². The minimum Gasteiger partial charge on any atom is -0.428 e. The summed E-state index contributed by atoms with van der Waals surface area (Å²) in [4.78, 5) is 20.1. The van der Waals surface area contributed by atoms with E-state index in [-0.39, 0.29) is 6.42 Å². The highest BCUT2D eigenvalue weighted by Crippen LogP contribution is 2.45. The number of carbonyl (C=O) groups is 1. The Kier molecular flexibility index (Phi) is 7.38. The number of ether oxygens (including phenoxy) is 1. The molecule has 0 heterocycles. The van der Waals surface area contributed by atoms with Gasteiger partial charge >= 0.3 is 14.2 Å². The summed E-state index contributed by atoms with van der Waals surface area (Å²) >= 11 is 16.7. The summed E-state index contributed by atoms with van der Waals surface area (Å²) in [5.41, 5.74) is 0. The molecule has 0 aliphatic carbocycles. The summed E-state index contributed by atoms with van der Waals surface area (Å²) in [6, 6.07) is 0. The molecule has 0 saturated carbocycles. The number of carbonyl (C=O) groups excluding carboxylic acids is 1. The van der Waals surface area contributed by atoms with E-state index in [1.54, 1.807) is 0 Å². The lowest BCUT2D eigenvalue weighted by Crippen LogP contribution is -2.45. The van der Waals surface area contributed by atoms with Gasteiger partial charge in [0.1, 0.15) is 0 Å². The van der Waals surface area contributed by atoms with Gasteiger partial charge in [0, 0.05) is 13.3 Å². The van der Waals surface area contributed by atoms with E-state index in [0.29, 0.717) is 6.42 Å². The summed E-state index contributed by atoms with van der Waals surface area (Å²) < 4.78 is 17.8. The fourth-order valence-electron chi connectivity index (χ4n) is 0.893. The standard InChI is InChI=1S/C8H14Cl3O5P/c1-3-4-5-6(12)15-7(2,8(9,10)11)16-17(13)14/h17H,3-5H2,1-2H3,(H,13,14). The van der Waals surface area contributed by atoms with Crippen LogP contribution in [0.5, 0.6) is 0 Å². The maximum absolute atomic E-state index is 11.4. The molecule has 1 N–H and O–H groups in total. The Morgan fingerprint density at radius 3 is 2.29 bits per heavy atom. The summed E-state index contributed by atoms with van der Waals surface area (Å²) in [7, 11) is -3.42. The van der Waals surface area contributed by atoms with Crippen LogP contribution in [0.4, 0.5) is 0 Å². The first kappa shape index (κ1) is 17.5. The molecule has 0 aromatic carbocycles. The smallest absolute Gasteiger partial charge is 0.320 e. The second-order valence-corrected chi connectivity index (χ2v) is 6.41. The van der Waals surface area contributed by atoms with E-state index >= 15 is 0 Å². The molecular formula is C8H14Cl3O5P. The molecule has 0 bridgehead atoms. The Morgan fingerprint density at radius 2 is 1.94 bits per heavy atom. The zero-order valence-corrected chi connectivity index (χ0v) is 12.6. The molecule has 0 aliphatic rings. The first-order chi connectivity index (χ1) is 7.62. The van der Waals surface area contributed by atoms with Gasteiger partial charge in [-0.05, 0) is 6.42 Å². The van der Waals surface area contributed by atoms with E-state index in [0.717, 1.165) is 13.3 Å². The van der Waals surface area contributed by atoms with Crippen LogP contribution in [0.25, 0.3) is 0 Å². The first-order valence-electron chi connectivity index (χ1n) is 4.83. The Hall–Kier alpha value is 0.490. The van der Waals surface area contributed by atoms with Gasteiger partial charge in [0.05, 0.1) is 0 Å². The van der Waals surface area contributed by atoms with Crippen LogP contribution >= 0.6 is 43.1 Å². The molecule has 0 radical (unpaired) electrons. The fraction of sp³-hybridized carbons (Fsp3) is 0.875. The second kappa shape index (κ2) is 7.17. The SMILES string of the molecule is CCCCC(=O)OC(C)(O[PH](=O)O)C(Cl)(Cl)Cl. The zero-order chi connectivity index (χ0) is 13.7. The molecule has 0 aliphatic heterocycles. The quantitative estimate of drug-likeness (QED) is 0.351. The summed E-state index contributed by atoms with van der Waals surface area (Å²) in [6.07, 6.45) is 1.50. The average Bonchev–Trinajstić information content (AvgIpc) is 2.11. The molecule has 0 fully saturated rings. The lowest BCUT2D eigenvalue weighted by atomic mass is 10.2. The van der Waals surface area contributed by atoms with Crippen molar-refractivity contribution in [2.45, 2.75) is 42.7 Å². The second-order valence-electron chi connectivity index (χ2n) is 3.39. The summed E-state index contributed by atoms with van der Waals surface area (Å²) in [5.74, 6) is -2.75.